The highest BCUT2D eigenvalue weighted by molar-refractivity contribution is 7.51. The highest BCUT2D eigenvalue weighted by Gasteiger charge is 2.53. The Morgan fingerprint density at radius 1 is 0.693 bits per heavy atom. The lowest BCUT2D eigenvalue weighted by Crippen LogP contribution is -2.57. The lowest BCUT2D eigenvalue weighted by atomic mass is 9.80. The molecule has 5 atom stereocenters. The van der Waals surface area contributed by atoms with E-state index in [9.17, 15) is 19.6 Å². The van der Waals surface area contributed by atoms with E-state index >= 15 is 4.57 Å². The fourth-order valence-electron chi connectivity index (χ4n) is 12.7. The zero-order chi connectivity index (χ0) is 61.5. The molecule has 1 unspecified atom stereocenters. The Labute approximate surface area is 512 Å². The summed E-state index contributed by atoms with van der Waals surface area (Å²) in [5.41, 5.74) is 8.50. The maximum atomic E-state index is 16.1. The number of hydrogen-bond acceptors (Lipinski definition) is 14. The van der Waals surface area contributed by atoms with E-state index in [0.29, 0.717) is 11.3 Å². The Kier molecular flexibility index (Phi) is 18.5. The molecule has 0 saturated carbocycles. The van der Waals surface area contributed by atoms with Gasteiger partial charge in [-0.3, -0.25) is 18.9 Å². The lowest BCUT2D eigenvalue weighted by Gasteiger charge is -2.46. The summed E-state index contributed by atoms with van der Waals surface area (Å²) >= 11 is 0. The van der Waals surface area contributed by atoms with Crippen LogP contribution in [-0.4, -0.2) is 97.0 Å². The number of ether oxygens (including phenoxy) is 6. The van der Waals surface area contributed by atoms with Crippen LogP contribution in [0.5, 0.6) is 5.75 Å². The molecular formula is C70H70N5O12P. The first-order valence-electron chi connectivity index (χ1n) is 29.6. The van der Waals surface area contributed by atoms with Crippen molar-refractivity contribution in [1.29, 1.82) is 5.26 Å². The van der Waals surface area contributed by atoms with Gasteiger partial charge in [-0.25, -0.2) is 23.6 Å². The molecular weight excluding hydrogens is 1130 g/mol. The number of amides is 1. The lowest BCUT2D eigenvalue weighted by molar-refractivity contribution is -0.186. The van der Waals surface area contributed by atoms with Crippen LogP contribution < -0.4 is 15.7 Å². The molecule has 1 amide bonds. The molecule has 0 radical (unpaired) electrons. The molecule has 452 valence electrons. The molecule has 1 fully saturated rings. The van der Waals surface area contributed by atoms with Crippen LogP contribution in [0.2, 0.25) is 0 Å². The smallest absolute Gasteiger partial charge is 0.497 e. The van der Waals surface area contributed by atoms with Crippen molar-refractivity contribution < 1.29 is 51.6 Å². The number of carbonyl (C=O) groups excluding carboxylic acids is 2. The molecule has 11 rings (SSSR count). The molecule has 1 saturated heterocycles. The maximum absolute atomic E-state index is 16.1. The number of fused-ring (bicyclic) bond motifs is 6. The number of anilines is 1. The Hall–Kier alpha value is -8.72. The van der Waals surface area contributed by atoms with E-state index in [4.69, 9.17) is 37.5 Å². The van der Waals surface area contributed by atoms with Crippen molar-refractivity contribution in [2.75, 3.05) is 45.5 Å². The van der Waals surface area contributed by atoms with Crippen molar-refractivity contribution >= 4 is 25.8 Å². The summed E-state index contributed by atoms with van der Waals surface area (Å²) in [6, 6.07) is 58.6. The summed E-state index contributed by atoms with van der Waals surface area (Å²) < 4.78 is 70.7. The van der Waals surface area contributed by atoms with E-state index in [2.05, 4.69) is 16.4 Å². The number of rotatable bonds is 22. The van der Waals surface area contributed by atoms with Crippen LogP contribution >= 0.6 is 7.75 Å². The quantitative estimate of drug-likeness (QED) is 0.0291. The molecule has 7 aromatic carbocycles. The van der Waals surface area contributed by atoms with Crippen LogP contribution in [0.15, 0.2) is 193 Å². The fraction of sp³-hybridized carbons (Fsp3) is 0.300. The van der Waals surface area contributed by atoms with Gasteiger partial charge in [-0.1, -0.05) is 170 Å². The van der Waals surface area contributed by atoms with Crippen molar-refractivity contribution in [2.24, 2.45) is 0 Å². The third-order valence-electron chi connectivity index (χ3n) is 16.6. The molecule has 88 heavy (non-hydrogen) atoms. The van der Waals surface area contributed by atoms with Crippen LogP contribution in [0.3, 0.4) is 0 Å². The first-order valence-corrected chi connectivity index (χ1v) is 31.1. The van der Waals surface area contributed by atoms with Crippen molar-refractivity contribution in [3.05, 3.63) is 243 Å². The van der Waals surface area contributed by atoms with Gasteiger partial charge in [0.15, 0.2) is 6.10 Å². The van der Waals surface area contributed by atoms with E-state index in [0.717, 1.165) is 61.2 Å². The summed E-state index contributed by atoms with van der Waals surface area (Å²) in [5, 5.41) is 12.5. The molecule has 1 N–H and O–H groups in total. The van der Waals surface area contributed by atoms with E-state index in [1.165, 1.54) is 10.8 Å². The number of aromatic nitrogens is 2. The molecule has 18 heteroatoms. The van der Waals surface area contributed by atoms with Crippen LogP contribution in [0.25, 0.3) is 22.3 Å². The Bertz CT molecular complexity index is 3790. The molecule has 8 aromatic rings. The van der Waals surface area contributed by atoms with Gasteiger partial charge in [0, 0.05) is 35.7 Å². The van der Waals surface area contributed by atoms with Crippen LogP contribution in [0, 0.1) is 18.3 Å². The van der Waals surface area contributed by atoms with Gasteiger partial charge in [-0.15, -0.1) is 0 Å². The minimum Gasteiger partial charge on any atom is -0.497 e. The molecule has 1 aliphatic heterocycles. The normalized spacial score (nSPS) is 17.7. The van der Waals surface area contributed by atoms with Crippen LogP contribution in [0.4, 0.5) is 15.4 Å². The first-order chi connectivity index (χ1) is 42.7. The number of methoxy groups -OCH3 is 1. The van der Waals surface area contributed by atoms with Gasteiger partial charge in [-0.05, 0) is 108 Å². The fourth-order valence-corrected chi connectivity index (χ4v) is 15.0. The van der Waals surface area contributed by atoms with Gasteiger partial charge in [0.05, 0.1) is 39.4 Å². The number of aryl methyl sites for hydroxylation is 1. The maximum Gasteiger partial charge on any atom is 0.508 e. The number of benzene rings is 7. The van der Waals surface area contributed by atoms with Crippen molar-refractivity contribution in [3.8, 4) is 34.1 Å². The average molecular weight is 1200 g/mol. The third kappa shape index (κ3) is 12.3. The predicted molar refractivity (Wildman–Crippen MR) is 333 cm³/mol. The zero-order valence-electron chi connectivity index (χ0n) is 49.9. The largest absolute Gasteiger partial charge is 0.508 e. The summed E-state index contributed by atoms with van der Waals surface area (Å²) in [6.45, 7) is 7.98. The van der Waals surface area contributed by atoms with E-state index < -0.39 is 67.7 Å². The Morgan fingerprint density at radius 3 is 1.68 bits per heavy atom. The Morgan fingerprint density at radius 2 is 1.18 bits per heavy atom. The number of hydrogen-bond donors (Lipinski definition) is 1. The Balaban J connectivity index is 0.981. The molecule has 0 spiro atoms. The number of nitrogens with zero attached hydrogens (tertiary/aromatic N) is 4. The summed E-state index contributed by atoms with van der Waals surface area (Å²) in [4.78, 5) is 47.8. The minimum atomic E-state index is -4.59. The standard InChI is InChI=1S/C70H70N5O12P/c1-45(2)75(46(3)4)88(79,85-39-21-38-71)87-65-63(44-84-70(48-22-9-7-10-23-48,49-24-11-8-12-25-49)50-34-36-51(80-6)37-35-50)81-43-62(64(65)86-69(78)83-42-61-58-32-19-15-28-54(58)55-29-16-20-33-59(55)61)74-40-47(5)66(72-67(74)76)73-68(77)82-41-60-56-30-17-13-26-52(56)53-27-14-18-31-57(53)60/h7-20,22-37,40,45-46,60-65H,21,39,41-44H2,1-6H3,(H,72,73,76,77)/t62-,63-,64+,65-,88?/m1/s1. The van der Waals surface area contributed by atoms with Gasteiger partial charge >= 0.3 is 25.7 Å². The van der Waals surface area contributed by atoms with Crippen molar-refractivity contribution in [3.63, 3.8) is 0 Å². The molecule has 1 aromatic heterocycles. The molecule has 3 aliphatic rings. The molecule has 0 bridgehead atoms. The minimum absolute atomic E-state index is 0.0174. The summed E-state index contributed by atoms with van der Waals surface area (Å²) in [6.07, 6.45) is -5.02. The van der Waals surface area contributed by atoms with E-state index in [1.807, 2.05) is 210 Å². The highest BCUT2D eigenvalue weighted by atomic mass is 31.2. The van der Waals surface area contributed by atoms with Crippen molar-refractivity contribution in [1.82, 2.24) is 14.2 Å². The second kappa shape index (κ2) is 26.7. The number of nitriles is 1. The van der Waals surface area contributed by atoms with Crippen LogP contribution in [-0.2, 0) is 42.9 Å². The highest BCUT2D eigenvalue weighted by Crippen LogP contribution is 2.57. The SMILES string of the molecule is COc1ccc(C(OC[C@H]2OC[C@@H](n3cc(C)c(NC(=O)OCC4c5ccccc5-c5ccccc54)nc3=O)[C@H](OC(=O)OCC3c4ccccc4-c4ccccc43)[C@@H]2OP(=O)(OCCC#N)N(C(C)C)C(C)C)(c2ccccc2)c2ccccc2)cc1. The second-order valence-corrected chi connectivity index (χ2v) is 24.4. The second-order valence-electron chi connectivity index (χ2n) is 22.5. The molecule has 2 aliphatic carbocycles. The summed E-state index contributed by atoms with van der Waals surface area (Å²) in [5.74, 6) is -0.0267. The van der Waals surface area contributed by atoms with Crippen molar-refractivity contribution in [2.45, 2.75) is 94.9 Å². The van der Waals surface area contributed by atoms with Gasteiger partial charge in [0.1, 0.15) is 48.6 Å². The van der Waals surface area contributed by atoms with Gasteiger partial charge in [0.25, 0.3) is 0 Å². The van der Waals surface area contributed by atoms with Gasteiger partial charge < -0.3 is 28.4 Å². The van der Waals surface area contributed by atoms with Crippen LogP contribution in [0.1, 0.15) is 96.5 Å². The first kappa shape index (κ1) is 60.9. The molecule has 2 heterocycles. The number of nitrogens with one attached hydrogen (secondary N) is 1. The monoisotopic (exact) mass is 1200 g/mol. The van der Waals surface area contributed by atoms with Gasteiger partial charge in [0.2, 0.25) is 0 Å². The van der Waals surface area contributed by atoms with E-state index in [-0.39, 0.29) is 57.1 Å². The average Bonchev–Trinajstić information content (AvgIpc) is 1.68. The topological polar surface area (TPSA) is 199 Å². The predicted octanol–water partition coefficient (Wildman–Crippen LogP) is 13.7. The molecule has 17 nitrogen and oxygen atoms in total. The van der Waals surface area contributed by atoms with E-state index in [1.54, 1.807) is 18.7 Å². The van der Waals surface area contributed by atoms with Gasteiger partial charge in [-0.2, -0.15) is 10.2 Å². The zero-order valence-corrected chi connectivity index (χ0v) is 50.8. The summed E-state index contributed by atoms with van der Waals surface area (Å²) in [7, 11) is -3.00. The number of carbonyl (C=O) groups is 2. The third-order valence-corrected chi connectivity index (χ3v) is 19.1.